The van der Waals surface area contributed by atoms with Crippen molar-refractivity contribution in [3.8, 4) is 5.75 Å². The molecule has 0 bridgehead atoms. The highest BCUT2D eigenvalue weighted by atomic mass is 32.2. The number of hydrogen-bond acceptors (Lipinski definition) is 5. The van der Waals surface area contributed by atoms with Crippen LogP contribution in [0.3, 0.4) is 0 Å². The normalized spacial score (nSPS) is 16.3. The van der Waals surface area contributed by atoms with Crippen molar-refractivity contribution in [3.05, 3.63) is 54.1 Å². The topological polar surface area (TPSA) is 102 Å². The average molecular weight is 374 g/mol. The van der Waals surface area contributed by atoms with Gasteiger partial charge in [0.05, 0.1) is 17.4 Å². The molecule has 0 radical (unpaired) electrons. The lowest BCUT2D eigenvalue weighted by Gasteiger charge is -2.24. The van der Waals surface area contributed by atoms with Crippen LogP contribution in [0.2, 0.25) is 0 Å². The number of sulfonamides is 1. The Bertz CT molecular complexity index is 938. The number of fused-ring (bicyclic) bond motifs is 1. The molecule has 0 aliphatic carbocycles. The first kappa shape index (κ1) is 17.9. The minimum absolute atomic E-state index is 0.0529. The van der Waals surface area contributed by atoms with Gasteiger partial charge in [-0.2, -0.15) is 0 Å². The third-order valence-corrected chi connectivity index (χ3v) is 5.36. The lowest BCUT2D eigenvalue weighted by atomic mass is 9.90. The van der Waals surface area contributed by atoms with E-state index in [9.17, 15) is 18.0 Å². The molecule has 1 aliphatic heterocycles. The maximum atomic E-state index is 12.6. The zero-order chi connectivity index (χ0) is 18.7. The van der Waals surface area contributed by atoms with Gasteiger partial charge in [0, 0.05) is 12.1 Å². The lowest BCUT2D eigenvalue weighted by Crippen LogP contribution is -2.38. The fourth-order valence-corrected chi connectivity index (χ4v) is 3.81. The van der Waals surface area contributed by atoms with Crippen LogP contribution in [0.5, 0.6) is 5.75 Å². The van der Waals surface area contributed by atoms with Crippen LogP contribution in [0.4, 0.5) is 5.69 Å². The molecule has 1 aliphatic rings. The second-order valence-corrected chi connectivity index (χ2v) is 7.45. The predicted molar refractivity (Wildman–Crippen MR) is 95.4 cm³/mol. The minimum atomic E-state index is -4.05. The number of carbonyl (C=O) groups is 2. The van der Waals surface area contributed by atoms with Gasteiger partial charge in [-0.05, 0) is 42.8 Å². The van der Waals surface area contributed by atoms with Gasteiger partial charge >= 0.3 is 0 Å². The van der Waals surface area contributed by atoms with Gasteiger partial charge < -0.3 is 10.1 Å². The van der Waals surface area contributed by atoms with Gasteiger partial charge in [0.25, 0.3) is 10.0 Å². The smallest absolute Gasteiger partial charge is 0.264 e. The summed E-state index contributed by atoms with van der Waals surface area (Å²) in [5.74, 6) is -1.39. The molecule has 3 rings (SSSR count). The van der Waals surface area contributed by atoms with Crippen LogP contribution >= 0.6 is 0 Å². The Morgan fingerprint density at radius 3 is 2.58 bits per heavy atom. The zero-order valence-corrected chi connectivity index (χ0v) is 14.9. The van der Waals surface area contributed by atoms with Gasteiger partial charge in [-0.25, -0.2) is 13.1 Å². The van der Waals surface area contributed by atoms with E-state index >= 15 is 0 Å². The Balaban J connectivity index is 1.82. The van der Waals surface area contributed by atoms with E-state index in [0.29, 0.717) is 23.6 Å². The summed E-state index contributed by atoms with van der Waals surface area (Å²) in [6.45, 7) is 2.29. The number of amides is 2. The van der Waals surface area contributed by atoms with Crippen molar-refractivity contribution in [1.82, 2.24) is 4.72 Å². The first-order valence-corrected chi connectivity index (χ1v) is 9.57. The molecular weight excluding hydrogens is 356 g/mol. The molecule has 136 valence electrons. The number of para-hydroxylation sites is 1. The van der Waals surface area contributed by atoms with E-state index in [1.165, 1.54) is 24.3 Å². The van der Waals surface area contributed by atoms with Gasteiger partial charge in [-0.15, -0.1) is 0 Å². The van der Waals surface area contributed by atoms with E-state index in [2.05, 4.69) is 10.0 Å². The maximum Gasteiger partial charge on any atom is 0.264 e. The van der Waals surface area contributed by atoms with Crippen LogP contribution in [0.25, 0.3) is 0 Å². The molecule has 2 N–H and O–H groups in total. The average Bonchev–Trinajstić information content (AvgIpc) is 2.61. The third-order valence-electron chi connectivity index (χ3n) is 4.00. The Morgan fingerprint density at radius 2 is 1.88 bits per heavy atom. The lowest BCUT2D eigenvalue weighted by molar-refractivity contribution is -0.125. The van der Waals surface area contributed by atoms with Gasteiger partial charge in [-0.1, -0.05) is 18.2 Å². The Hall–Kier alpha value is -2.87. The van der Waals surface area contributed by atoms with Crippen LogP contribution < -0.4 is 14.8 Å². The molecular formula is C18H18N2O5S. The number of carbonyl (C=O) groups excluding carboxylic acids is 2. The van der Waals surface area contributed by atoms with Crippen molar-refractivity contribution in [3.63, 3.8) is 0 Å². The number of rotatable bonds is 5. The van der Waals surface area contributed by atoms with Crippen LogP contribution in [0, 0.1) is 0 Å². The van der Waals surface area contributed by atoms with Crippen molar-refractivity contribution < 1.29 is 22.7 Å². The van der Waals surface area contributed by atoms with Crippen molar-refractivity contribution in [2.24, 2.45) is 0 Å². The summed E-state index contributed by atoms with van der Waals surface area (Å²) in [6.07, 6.45) is -0.109. The summed E-state index contributed by atoms with van der Waals surface area (Å²) in [5, 5.41) is 2.68. The molecule has 2 aromatic carbocycles. The maximum absolute atomic E-state index is 12.6. The number of anilines is 1. The minimum Gasteiger partial charge on any atom is -0.494 e. The fourth-order valence-electron chi connectivity index (χ4n) is 2.79. The van der Waals surface area contributed by atoms with Crippen molar-refractivity contribution in [2.75, 3.05) is 11.9 Å². The molecule has 0 fully saturated rings. The summed E-state index contributed by atoms with van der Waals surface area (Å²) >= 11 is 0. The fraction of sp³-hybridized carbons (Fsp3) is 0.222. The molecule has 1 heterocycles. The van der Waals surface area contributed by atoms with Crippen molar-refractivity contribution >= 4 is 27.5 Å². The van der Waals surface area contributed by atoms with Crippen molar-refractivity contribution in [1.29, 1.82) is 0 Å². The summed E-state index contributed by atoms with van der Waals surface area (Å²) in [4.78, 5) is 24.3. The summed E-state index contributed by atoms with van der Waals surface area (Å²) in [5.41, 5.74) is 1.11. The van der Waals surface area contributed by atoms with Gasteiger partial charge in [0.1, 0.15) is 5.75 Å². The molecule has 0 saturated heterocycles. The van der Waals surface area contributed by atoms with E-state index in [0.717, 1.165) is 0 Å². The van der Waals surface area contributed by atoms with Gasteiger partial charge in [-0.3, -0.25) is 9.59 Å². The molecule has 0 unspecified atom stereocenters. The Kier molecular flexibility index (Phi) is 4.94. The first-order chi connectivity index (χ1) is 12.4. The second kappa shape index (κ2) is 7.17. The van der Waals surface area contributed by atoms with E-state index in [1.54, 1.807) is 24.3 Å². The zero-order valence-electron chi connectivity index (χ0n) is 14.1. The quantitative estimate of drug-likeness (QED) is 0.834. The van der Waals surface area contributed by atoms with Crippen LogP contribution in [-0.2, 0) is 19.6 Å². The SMILES string of the molecule is CCOc1ccc(S(=O)(=O)NC(=O)[C@@H]2CC(=O)Nc3ccccc32)cc1. The van der Waals surface area contributed by atoms with E-state index in [4.69, 9.17) is 4.74 Å². The Labute approximate surface area is 151 Å². The van der Waals surface area contributed by atoms with E-state index < -0.39 is 21.8 Å². The number of hydrogen-bond donors (Lipinski definition) is 2. The van der Waals surface area contributed by atoms with E-state index in [-0.39, 0.29) is 17.2 Å². The molecule has 8 heteroatoms. The van der Waals surface area contributed by atoms with Gasteiger partial charge in [0.15, 0.2) is 0 Å². The summed E-state index contributed by atoms with van der Waals surface area (Å²) < 4.78 is 32.3. The number of benzene rings is 2. The molecule has 2 amide bonds. The number of ether oxygens (including phenoxy) is 1. The molecule has 2 aromatic rings. The largest absolute Gasteiger partial charge is 0.494 e. The predicted octanol–water partition coefficient (Wildman–Crippen LogP) is 2.02. The molecule has 0 aromatic heterocycles. The molecule has 7 nitrogen and oxygen atoms in total. The van der Waals surface area contributed by atoms with Crippen LogP contribution in [-0.4, -0.2) is 26.8 Å². The molecule has 0 saturated carbocycles. The second-order valence-electron chi connectivity index (χ2n) is 5.77. The summed E-state index contributed by atoms with van der Waals surface area (Å²) in [7, 11) is -4.05. The monoisotopic (exact) mass is 374 g/mol. The Morgan fingerprint density at radius 1 is 1.19 bits per heavy atom. The highest BCUT2D eigenvalue weighted by molar-refractivity contribution is 7.90. The standard InChI is InChI=1S/C18H18N2O5S/c1-2-25-12-7-9-13(10-8-12)26(23,24)20-18(22)15-11-17(21)19-16-6-4-3-5-14(15)16/h3-10,15H,2,11H2,1H3,(H,19,21)(H,20,22)/t15-/m1/s1. The van der Waals surface area contributed by atoms with Crippen molar-refractivity contribution in [2.45, 2.75) is 24.2 Å². The number of nitrogens with one attached hydrogen (secondary N) is 2. The molecule has 1 atom stereocenters. The summed E-state index contributed by atoms with van der Waals surface area (Å²) in [6, 6.07) is 12.6. The first-order valence-electron chi connectivity index (χ1n) is 8.09. The van der Waals surface area contributed by atoms with E-state index in [1.807, 2.05) is 6.92 Å². The molecule has 0 spiro atoms. The third kappa shape index (κ3) is 3.70. The van der Waals surface area contributed by atoms with Crippen LogP contribution in [0.15, 0.2) is 53.4 Å². The van der Waals surface area contributed by atoms with Gasteiger partial charge in [0.2, 0.25) is 11.8 Å². The van der Waals surface area contributed by atoms with Crippen LogP contribution in [0.1, 0.15) is 24.8 Å². The highest BCUT2D eigenvalue weighted by Gasteiger charge is 2.32. The highest BCUT2D eigenvalue weighted by Crippen LogP contribution is 2.32. The molecule has 26 heavy (non-hydrogen) atoms.